The van der Waals surface area contributed by atoms with E-state index in [4.69, 9.17) is 0 Å². The van der Waals surface area contributed by atoms with Gasteiger partial charge in [0.1, 0.15) is 4.21 Å². The van der Waals surface area contributed by atoms with Gasteiger partial charge in [0.25, 0.3) is 0 Å². The number of rotatable bonds is 8. The third-order valence-corrected chi connectivity index (χ3v) is 5.47. The molecule has 2 heterocycles. The largest absolute Gasteiger partial charge is 0.343 e. The van der Waals surface area contributed by atoms with Crippen LogP contribution in [-0.4, -0.2) is 31.6 Å². The SMILES string of the molecule is CCNCc1csc(S(=O)(=O)NCCc2ncon2)c1. The summed E-state index contributed by atoms with van der Waals surface area (Å²) in [6.45, 7) is 3.76. The minimum Gasteiger partial charge on any atom is -0.343 e. The highest BCUT2D eigenvalue weighted by Crippen LogP contribution is 2.19. The second-order valence-electron chi connectivity index (χ2n) is 4.05. The van der Waals surface area contributed by atoms with E-state index in [2.05, 4.69) is 24.7 Å². The van der Waals surface area contributed by atoms with Crippen molar-refractivity contribution in [3.8, 4) is 0 Å². The molecule has 0 aromatic carbocycles. The number of sulfonamides is 1. The first kappa shape index (κ1) is 15.1. The monoisotopic (exact) mass is 316 g/mol. The molecule has 0 aliphatic carbocycles. The first-order valence-electron chi connectivity index (χ1n) is 6.15. The Kier molecular flexibility index (Phi) is 5.24. The molecular weight excluding hydrogens is 300 g/mol. The van der Waals surface area contributed by atoms with Gasteiger partial charge in [-0.05, 0) is 23.6 Å². The zero-order valence-corrected chi connectivity index (χ0v) is 12.6. The first-order chi connectivity index (χ1) is 9.62. The number of hydrogen-bond donors (Lipinski definition) is 2. The van der Waals surface area contributed by atoms with Gasteiger partial charge in [0.2, 0.25) is 16.4 Å². The van der Waals surface area contributed by atoms with Gasteiger partial charge in [0, 0.05) is 19.5 Å². The van der Waals surface area contributed by atoms with Crippen molar-refractivity contribution in [3.63, 3.8) is 0 Å². The van der Waals surface area contributed by atoms with Crippen molar-refractivity contribution < 1.29 is 12.9 Å². The molecule has 9 heteroatoms. The lowest BCUT2D eigenvalue weighted by Crippen LogP contribution is -2.25. The summed E-state index contributed by atoms with van der Waals surface area (Å²) in [5, 5.41) is 8.62. The molecule has 0 aliphatic heterocycles. The summed E-state index contributed by atoms with van der Waals surface area (Å²) in [7, 11) is -3.46. The zero-order valence-electron chi connectivity index (χ0n) is 11.0. The van der Waals surface area contributed by atoms with Crippen LogP contribution in [0.1, 0.15) is 18.3 Å². The predicted molar refractivity (Wildman–Crippen MR) is 74.9 cm³/mol. The molecule has 0 fully saturated rings. The molecule has 2 aromatic rings. The van der Waals surface area contributed by atoms with Gasteiger partial charge in [-0.3, -0.25) is 0 Å². The maximum absolute atomic E-state index is 12.1. The van der Waals surface area contributed by atoms with E-state index in [-0.39, 0.29) is 6.54 Å². The van der Waals surface area contributed by atoms with Crippen molar-refractivity contribution in [2.24, 2.45) is 0 Å². The van der Waals surface area contributed by atoms with Crippen molar-refractivity contribution in [3.05, 3.63) is 29.2 Å². The fourth-order valence-corrected chi connectivity index (χ4v) is 3.81. The molecule has 0 saturated carbocycles. The molecule has 0 atom stereocenters. The number of hydrogen-bond acceptors (Lipinski definition) is 7. The Morgan fingerprint density at radius 1 is 1.45 bits per heavy atom. The van der Waals surface area contributed by atoms with E-state index >= 15 is 0 Å². The quantitative estimate of drug-likeness (QED) is 0.746. The minimum atomic E-state index is -3.46. The highest BCUT2D eigenvalue weighted by atomic mass is 32.2. The van der Waals surface area contributed by atoms with Crippen molar-refractivity contribution in [2.75, 3.05) is 13.1 Å². The molecule has 0 radical (unpaired) electrons. The third kappa shape index (κ3) is 4.10. The van der Waals surface area contributed by atoms with Crippen molar-refractivity contribution in [1.29, 1.82) is 0 Å². The van der Waals surface area contributed by atoms with Gasteiger partial charge >= 0.3 is 0 Å². The maximum Gasteiger partial charge on any atom is 0.250 e. The lowest BCUT2D eigenvalue weighted by Gasteiger charge is -2.02. The summed E-state index contributed by atoms with van der Waals surface area (Å²) in [5.74, 6) is 0.478. The minimum absolute atomic E-state index is 0.238. The number of nitrogens with one attached hydrogen (secondary N) is 2. The van der Waals surface area contributed by atoms with Gasteiger partial charge in [-0.25, -0.2) is 13.1 Å². The van der Waals surface area contributed by atoms with E-state index < -0.39 is 10.0 Å². The molecule has 0 aliphatic rings. The Labute approximate surface area is 121 Å². The topological polar surface area (TPSA) is 97.1 Å². The van der Waals surface area contributed by atoms with E-state index in [1.807, 2.05) is 12.3 Å². The van der Waals surface area contributed by atoms with Crippen LogP contribution < -0.4 is 10.0 Å². The molecule has 0 saturated heterocycles. The smallest absolute Gasteiger partial charge is 0.250 e. The normalized spacial score (nSPS) is 11.8. The fraction of sp³-hybridized carbons (Fsp3) is 0.455. The summed E-state index contributed by atoms with van der Waals surface area (Å²) in [5.41, 5.74) is 0.968. The van der Waals surface area contributed by atoms with Gasteiger partial charge in [-0.2, -0.15) is 4.98 Å². The van der Waals surface area contributed by atoms with Gasteiger partial charge in [-0.15, -0.1) is 11.3 Å². The van der Waals surface area contributed by atoms with Crippen LogP contribution in [0.5, 0.6) is 0 Å². The molecule has 0 amide bonds. The van der Waals surface area contributed by atoms with E-state index in [1.54, 1.807) is 6.07 Å². The van der Waals surface area contributed by atoms with Crippen LogP contribution in [-0.2, 0) is 23.0 Å². The van der Waals surface area contributed by atoms with Crippen LogP contribution in [0.4, 0.5) is 0 Å². The van der Waals surface area contributed by atoms with Gasteiger partial charge in [-0.1, -0.05) is 12.1 Å². The van der Waals surface area contributed by atoms with Crippen LogP contribution in [0.3, 0.4) is 0 Å². The number of thiophene rings is 1. The average molecular weight is 316 g/mol. The molecule has 20 heavy (non-hydrogen) atoms. The van der Waals surface area contributed by atoms with E-state index in [0.29, 0.717) is 23.0 Å². The highest BCUT2D eigenvalue weighted by Gasteiger charge is 2.16. The van der Waals surface area contributed by atoms with Crippen LogP contribution in [0, 0.1) is 0 Å². The van der Waals surface area contributed by atoms with E-state index in [0.717, 1.165) is 12.1 Å². The molecule has 110 valence electrons. The Balaban J connectivity index is 1.90. The molecule has 2 N–H and O–H groups in total. The Morgan fingerprint density at radius 2 is 2.30 bits per heavy atom. The van der Waals surface area contributed by atoms with Crippen LogP contribution in [0.15, 0.2) is 26.6 Å². The van der Waals surface area contributed by atoms with Crippen molar-refractivity contribution in [2.45, 2.75) is 24.1 Å². The molecule has 0 unspecified atom stereocenters. The number of nitrogens with zero attached hydrogens (tertiary/aromatic N) is 2. The first-order valence-corrected chi connectivity index (χ1v) is 8.51. The second-order valence-corrected chi connectivity index (χ2v) is 6.95. The summed E-state index contributed by atoms with van der Waals surface area (Å²) in [4.78, 5) is 3.83. The van der Waals surface area contributed by atoms with E-state index in [1.165, 1.54) is 17.7 Å². The van der Waals surface area contributed by atoms with E-state index in [9.17, 15) is 8.42 Å². The van der Waals surface area contributed by atoms with Crippen molar-refractivity contribution in [1.82, 2.24) is 20.2 Å². The summed E-state index contributed by atoms with van der Waals surface area (Å²) in [6.07, 6.45) is 1.61. The zero-order chi connectivity index (χ0) is 14.4. The maximum atomic E-state index is 12.1. The number of aromatic nitrogens is 2. The fourth-order valence-electron chi connectivity index (χ4n) is 1.53. The van der Waals surface area contributed by atoms with Gasteiger partial charge in [0.05, 0.1) is 0 Å². The average Bonchev–Trinajstić information content (AvgIpc) is 3.07. The van der Waals surface area contributed by atoms with Crippen LogP contribution in [0.25, 0.3) is 0 Å². The molecular formula is C11H16N4O3S2. The lowest BCUT2D eigenvalue weighted by molar-refractivity contribution is 0.410. The van der Waals surface area contributed by atoms with Gasteiger partial charge in [0.15, 0.2) is 5.82 Å². The summed E-state index contributed by atoms with van der Waals surface area (Å²) in [6, 6.07) is 1.68. The van der Waals surface area contributed by atoms with Crippen LogP contribution >= 0.6 is 11.3 Å². The Hall–Kier alpha value is -1.29. The van der Waals surface area contributed by atoms with Gasteiger partial charge < -0.3 is 9.84 Å². The standard InChI is InChI=1S/C11H16N4O3S2/c1-2-12-6-9-5-11(19-7-9)20(16,17)14-4-3-10-13-8-18-15-10/h5,7-8,12,14H,2-4,6H2,1H3. The Morgan fingerprint density at radius 3 is 3.00 bits per heavy atom. The summed E-state index contributed by atoms with van der Waals surface area (Å²) < 4.78 is 31.5. The molecule has 0 bridgehead atoms. The molecule has 7 nitrogen and oxygen atoms in total. The Bertz CT molecular complexity index is 622. The van der Waals surface area contributed by atoms with Crippen molar-refractivity contribution >= 4 is 21.4 Å². The molecule has 0 spiro atoms. The second kappa shape index (κ2) is 6.93. The third-order valence-electron chi connectivity index (χ3n) is 2.52. The lowest BCUT2D eigenvalue weighted by atomic mass is 10.3. The highest BCUT2D eigenvalue weighted by molar-refractivity contribution is 7.91. The summed E-state index contributed by atoms with van der Waals surface area (Å²) >= 11 is 1.21. The molecule has 2 aromatic heterocycles. The molecule has 2 rings (SSSR count). The predicted octanol–water partition coefficient (Wildman–Crippen LogP) is 0.762. The van der Waals surface area contributed by atoms with Crippen LogP contribution in [0.2, 0.25) is 0 Å².